The monoisotopic (exact) mass is 305 g/mol. The third-order valence-electron chi connectivity index (χ3n) is 2.14. The van der Waals surface area contributed by atoms with Crippen LogP contribution in [0.25, 0.3) is 0 Å². The summed E-state index contributed by atoms with van der Waals surface area (Å²) >= 11 is 23.9. The fourth-order valence-electron chi connectivity index (χ4n) is 1.35. The van der Waals surface area contributed by atoms with Crippen LogP contribution in [-0.4, -0.2) is 0 Å². The molecule has 0 aromatic heterocycles. The Morgan fingerprint density at radius 1 is 0.824 bits per heavy atom. The molecule has 1 nitrogen and oxygen atoms in total. The Morgan fingerprint density at radius 3 is 2.24 bits per heavy atom. The first-order chi connectivity index (χ1) is 8.08. The van der Waals surface area contributed by atoms with Gasteiger partial charge in [0.2, 0.25) is 0 Å². The summed E-state index contributed by atoms with van der Waals surface area (Å²) in [4.78, 5) is 0. The zero-order valence-electron chi connectivity index (χ0n) is 8.48. The van der Waals surface area contributed by atoms with E-state index in [9.17, 15) is 0 Å². The number of rotatable bonds is 2. The van der Waals surface area contributed by atoms with E-state index in [-0.39, 0.29) is 0 Å². The molecule has 0 unspecified atom stereocenters. The van der Waals surface area contributed by atoms with E-state index in [2.05, 4.69) is 5.32 Å². The smallest absolute Gasteiger partial charge is 0.0842 e. The van der Waals surface area contributed by atoms with Crippen molar-refractivity contribution in [3.05, 3.63) is 56.5 Å². The van der Waals surface area contributed by atoms with Gasteiger partial charge in [0.05, 0.1) is 20.8 Å². The minimum absolute atomic E-state index is 0.388. The van der Waals surface area contributed by atoms with Crippen molar-refractivity contribution in [3.8, 4) is 0 Å². The van der Waals surface area contributed by atoms with Crippen LogP contribution in [-0.2, 0) is 0 Å². The van der Waals surface area contributed by atoms with Gasteiger partial charge in [-0.05, 0) is 30.3 Å². The predicted octanol–water partition coefficient (Wildman–Crippen LogP) is 6.04. The lowest BCUT2D eigenvalue weighted by atomic mass is 10.2. The quantitative estimate of drug-likeness (QED) is 0.666. The molecule has 5 heteroatoms. The molecule has 88 valence electrons. The van der Waals surface area contributed by atoms with Gasteiger partial charge in [-0.15, -0.1) is 0 Å². The molecule has 0 fully saturated rings. The summed E-state index contributed by atoms with van der Waals surface area (Å²) in [7, 11) is 0. The molecule has 0 aliphatic rings. The molecule has 1 N–H and O–H groups in total. The molecule has 0 amide bonds. The Hall–Kier alpha value is -0.600. The van der Waals surface area contributed by atoms with Gasteiger partial charge in [0.1, 0.15) is 0 Å². The summed E-state index contributed by atoms with van der Waals surface area (Å²) in [6, 6.07) is 10.6. The van der Waals surface area contributed by atoms with Gasteiger partial charge in [-0.1, -0.05) is 52.5 Å². The highest BCUT2D eigenvalue weighted by atomic mass is 35.5. The third kappa shape index (κ3) is 2.99. The van der Waals surface area contributed by atoms with E-state index in [4.69, 9.17) is 46.4 Å². The number of halogens is 4. The Bertz CT molecular complexity index is 554. The van der Waals surface area contributed by atoms with Gasteiger partial charge in [0.15, 0.2) is 0 Å². The van der Waals surface area contributed by atoms with Gasteiger partial charge in [0.25, 0.3) is 0 Å². The zero-order chi connectivity index (χ0) is 12.4. The third-order valence-corrected chi connectivity index (χ3v) is 3.49. The van der Waals surface area contributed by atoms with Crippen molar-refractivity contribution in [2.75, 3.05) is 5.32 Å². The van der Waals surface area contributed by atoms with Gasteiger partial charge in [-0.3, -0.25) is 0 Å². The fourth-order valence-corrected chi connectivity index (χ4v) is 2.17. The summed E-state index contributed by atoms with van der Waals surface area (Å²) in [5.74, 6) is 0. The van der Waals surface area contributed by atoms with E-state index in [1.54, 1.807) is 24.3 Å². The highest BCUT2D eigenvalue weighted by molar-refractivity contribution is 6.46. The summed E-state index contributed by atoms with van der Waals surface area (Å²) in [6.45, 7) is 0. The maximum absolute atomic E-state index is 6.08. The summed E-state index contributed by atoms with van der Waals surface area (Å²) in [5.41, 5.74) is 1.37. The topological polar surface area (TPSA) is 12.0 Å². The van der Waals surface area contributed by atoms with E-state index in [1.165, 1.54) is 0 Å². The molecule has 0 heterocycles. The number of nitrogens with one attached hydrogen (secondary N) is 1. The highest BCUT2D eigenvalue weighted by Gasteiger charge is 2.09. The molecular weight excluding hydrogens is 300 g/mol. The summed E-state index contributed by atoms with van der Waals surface area (Å²) < 4.78 is 0. The van der Waals surface area contributed by atoms with E-state index in [0.29, 0.717) is 25.8 Å². The molecule has 2 aromatic carbocycles. The Morgan fingerprint density at radius 2 is 1.53 bits per heavy atom. The maximum atomic E-state index is 6.08. The Labute approximate surface area is 119 Å². The average Bonchev–Trinajstić information content (AvgIpc) is 2.30. The van der Waals surface area contributed by atoms with Crippen molar-refractivity contribution in [1.82, 2.24) is 0 Å². The largest absolute Gasteiger partial charge is 0.353 e. The normalized spacial score (nSPS) is 10.4. The van der Waals surface area contributed by atoms with Crippen molar-refractivity contribution in [3.63, 3.8) is 0 Å². The van der Waals surface area contributed by atoms with E-state index >= 15 is 0 Å². The van der Waals surface area contributed by atoms with Crippen molar-refractivity contribution >= 4 is 57.8 Å². The molecule has 0 radical (unpaired) electrons. The second-order valence-electron chi connectivity index (χ2n) is 3.35. The number of hydrogen-bond acceptors (Lipinski definition) is 1. The molecule has 2 aromatic rings. The van der Waals surface area contributed by atoms with Crippen LogP contribution in [0.1, 0.15) is 0 Å². The van der Waals surface area contributed by atoms with Crippen molar-refractivity contribution in [2.24, 2.45) is 0 Å². The van der Waals surface area contributed by atoms with Crippen LogP contribution in [0.2, 0.25) is 20.1 Å². The van der Waals surface area contributed by atoms with E-state index < -0.39 is 0 Å². The molecule has 0 saturated carbocycles. The maximum Gasteiger partial charge on any atom is 0.0842 e. The van der Waals surface area contributed by atoms with Crippen LogP contribution < -0.4 is 5.32 Å². The molecule has 17 heavy (non-hydrogen) atoms. The standard InChI is InChI=1S/C12H7Cl4N/c13-7-2-1-3-8(6-7)17-12-10(15)5-4-9(14)11(12)16/h1-6,17H. The lowest BCUT2D eigenvalue weighted by Gasteiger charge is -2.11. The van der Waals surface area contributed by atoms with Crippen LogP contribution in [0.4, 0.5) is 11.4 Å². The van der Waals surface area contributed by atoms with Crippen molar-refractivity contribution in [2.45, 2.75) is 0 Å². The Balaban J connectivity index is 2.39. The van der Waals surface area contributed by atoms with Gasteiger partial charge in [-0.2, -0.15) is 0 Å². The Kier molecular flexibility index (Phi) is 4.05. The van der Waals surface area contributed by atoms with Gasteiger partial charge in [-0.25, -0.2) is 0 Å². The first-order valence-corrected chi connectivity index (χ1v) is 6.25. The number of hydrogen-bond donors (Lipinski definition) is 1. The predicted molar refractivity (Wildman–Crippen MR) is 76.2 cm³/mol. The molecule has 0 atom stereocenters. The molecule has 2 rings (SSSR count). The minimum Gasteiger partial charge on any atom is -0.353 e. The molecule has 0 bridgehead atoms. The van der Waals surface area contributed by atoms with E-state index in [0.717, 1.165) is 5.69 Å². The van der Waals surface area contributed by atoms with Crippen LogP contribution in [0.3, 0.4) is 0 Å². The van der Waals surface area contributed by atoms with Crippen LogP contribution >= 0.6 is 46.4 Å². The minimum atomic E-state index is 0.388. The summed E-state index contributed by atoms with van der Waals surface area (Å²) in [6.07, 6.45) is 0. The van der Waals surface area contributed by atoms with Gasteiger partial charge in [0, 0.05) is 10.7 Å². The first kappa shape index (κ1) is 12.8. The van der Waals surface area contributed by atoms with Gasteiger partial charge >= 0.3 is 0 Å². The second kappa shape index (κ2) is 5.36. The average molecular weight is 307 g/mol. The highest BCUT2D eigenvalue weighted by Crippen LogP contribution is 2.37. The molecule has 0 saturated heterocycles. The molecule has 0 aliphatic carbocycles. The SMILES string of the molecule is Clc1cccc(Nc2c(Cl)ccc(Cl)c2Cl)c1. The van der Waals surface area contributed by atoms with Crippen LogP contribution in [0, 0.1) is 0 Å². The van der Waals surface area contributed by atoms with E-state index in [1.807, 2.05) is 12.1 Å². The number of anilines is 2. The van der Waals surface area contributed by atoms with Gasteiger partial charge < -0.3 is 5.32 Å². The summed E-state index contributed by atoms with van der Waals surface area (Å²) in [5, 5.41) is 5.05. The van der Waals surface area contributed by atoms with Crippen molar-refractivity contribution < 1.29 is 0 Å². The molecule has 0 aliphatic heterocycles. The first-order valence-electron chi connectivity index (χ1n) is 4.74. The second-order valence-corrected chi connectivity index (χ2v) is 4.98. The lowest BCUT2D eigenvalue weighted by molar-refractivity contribution is 1.55. The van der Waals surface area contributed by atoms with Crippen LogP contribution in [0.5, 0.6) is 0 Å². The van der Waals surface area contributed by atoms with Crippen LogP contribution in [0.15, 0.2) is 36.4 Å². The van der Waals surface area contributed by atoms with Crippen molar-refractivity contribution in [1.29, 1.82) is 0 Å². The zero-order valence-corrected chi connectivity index (χ0v) is 11.5. The number of benzene rings is 2. The fraction of sp³-hybridized carbons (Fsp3) is 0. The lowest BCUT2D eigenvalue weighted by Crippen LogP contribution is -1.92. The molecular formula is C12H7Cl4N. The molecule has 0 spiro atoms.